The maximum atomic E-state index is 12.8. The number of rotatable bonds is 3. The Hall–Kier alpha value is -2.80. The highest BCUT2D eigenvalue weighted by Gasteiger charge is 2.27. The van der Waals surface area contributed by atoms with Crippen LogP contribution in [0.25, 0.3) is 0 Å². The summed E-state index contributed by atoms with van der Waals surface area (Å²) in [5.74, 6) is 0.984. The van der Waals surface area contributed by atoms with Gasteiger partial charge < -0.3 is 14.4 Å². The number of ether oxygens (including phenoxy) is 2. The highest BCUT2D eigenvalue weighted by Crippen LogP contribution is 2.38. The van der Waals surface area contributed by atoms with Crippen LogP contribution < -0.4 is 14.4 Å². The molecule has 0 saturated heterocycles. The molecule has 0 aliphatic carbocycles. The highest BCUT2D eigenvalue weighted by atomic mass is 35.5. The molecule has 8 heteroatoms. The lowest BCUT2D eigenvalue weighted by Gasteiger charge is -2.18. The summed E-state index contributed by atoms with van der Waals surface area (Å²) in [4.78, 5) is 25.0. The number of nitro groups is 1. The molecule has 27 heavy (non-hydrogen) atoms. The number of amides is 1. The van der Waals surface area contributed by atoms with E-state index in [0.717, 1.165) is 23.2 Å². The molecule has 0 bridgehead atoms. The van der Waals surface area contributed by atoms with E-state index in [1.807, 2.05) is 0 Å². The van der Waals surface area contributed by atoms with Crippen LogP contribution in [0.3, 0.4) is 0 Å². The number of hydrogen-bond acceptors (Lipinski definition) is 5. The van der Waals surface area contributed by atoms with Crippen LogP contribution in [0.1, 0.15) is 17.5 Å². The molecule has 0 aromatic heterocycles. The second kappa shape index (κ2) is 7.08. The number of benzene rings is 2. The summed E-state index contributed by atoms with van der Waals surface area (Å²) in [5.41, 5.74) is 2.32. The Morgan fingerprint density at radius 2 is 2.04 bits per heavy atom. The maximum absolute atomic E-state index is 12.8. The van der Waals surface area contributed by atoms with Gasteiger partial charge in [-0.2, -0.15) is 0 Å². The molecule has 0 N–H and O–H groups in total. The fourth-order valence-electron chi connectivity index (χ4n) is 3.42. The Morgan fingerprint density at radius 1 is 1.22 bits per heavy atom. The smallest absolute Gasteiger partial charge is 0.269 e. The molecule has 0 fully saturated rings. The molecule has 1 amide bonds. The monoisotopic (exact) mass is 388 g/mol. The van der Waals surface area contributed by atoms with Crippen LogP contribution in [0, 0.1) is 10.1 Å². The van der Waals surface area contributed by atoms with Gasteiger partial charge in [-0.3, -0.25) is 14.9 Å². The molecule has 2 aromatic carbocycles. The zero-order chi connectivity index (χ0) is 19.0. The fourth-order valence-corrected chi connectivity index (χ4v) is 3.70. The van der Waals surface area contributed by atoms with Gasteiger partial charge in [0.1, 0.15) is 0 Å². The molecule has 0 atom stereocenters. The lowest BCUT2D eigenvalue weighted by molar-refractivity contribution is -0.384. The summed E-state index contributed by atoms with van der Waals surface area (Å²) >= 11 is 6.30. The van der Waals surface area contributed by atoms with Gasteiger partial charge in [-0.05, 0) is 35.7 Å². The Morgan fingerprint density at radius 3 is 2.85 bits per heavy atom. The SMILES string of the molecule is O=C(Cc1cc(Cl)c2c(c1)OCCCO2)N1CCc2cc([N+](=O)[O-])ccc21. The van der Waals surface area contributed by atoms with Crippen LogP contribution in [0.15, 0.2) is 30.3 Å². The zero-order valence-electron chi connectivity index (χ0n) is 14.4. The third kappa shape index (κ3) is 3.42. The van der Waals surface area contributed by atoms with Crippen molar-refractivity contribution < 1.29 is 19.2 Å². The van der Waals surface area contributed by atoms with Gasteiger partial charge in [0.2, 0.25) is 5.91 Å². The lowest BCUT2D eigenvalue weighted by Crippen LogP contribution is -2.30. The Labute approximate surface area is 160 Å². The number of carbonyl (C=O) groups excluding carboxylic acids is 1. The number of hydrogen-bond donors (Lipinski definition) is 0. The minimum Gasteiger partial charge on any atom is -0.489 e. The van der Waals surface area contributed by atoms with Crippen molar-refractivity contribution >= 4 is 28.9 Å². The normalized spacial score (nSPS) is 15.2. The number of nitro benzene ring substituents is 1. The van der Waals surface area contributed by atoms with Crippen LogP contribution >= 0.6 is 11.6 Å². The molecule has 0 saturated carbocycles. The van der Waals surface area contributed by atoms with Gasteiger partial charge in [0, 0.05) is 30.8 Å². The van der Waals surface area contributed by atoms with E-state index in [4.69, 9.17) is 21.1 Å². The molecule has 7 nitrogen and oxygen atoms in total. The van der Waals surface area contributed by atoms with Gasteiger partial charge in [0.05, 0.1) is 29.6 Å². The summed E-state index contributed by atoms with van der Waals surface area (Å²) in [6, 6.07) is 8.11. The zero-order valence-corrected chi connectivity index (χ0v) is 15.2. The van der Waals surface area contributed by atoms with E-state index in [0.29, 0.717) is 42.7 Å². The standard InChI is InChI=1S/C19H17ClN2O5/c20-15-8-12(9-17-19(15)27-7-1-6-26-17)10-18(23)21-5-4-13-11-14(22(24)25)2-3-16(13)21/h2-3,8-9,11H,1,4-7,10H2. The molecule has 0 unspecified atom stereocenters. The highest BCUT2D eigenvalue weighted by molar-refractivity contribution is 6.32. The number of non-ortho nitro benzene ring substituents is 1. The average molecular weight is 389 g/mol. The number of halogens is 1. The first-order chi connectivity index (χ1) is 13.0. The van der Waals surface area contributed by atoms with E-state index < -0.39 is 4.92 Å². The molecule has 4 rings (SSSR count). The third-order valence-electron chi connectivity index (χ3n) is 4.69. The molecule has 2 aliphatic heterocycles. The quantitative estimate of drug-likeness (QED) is 0.593. The number of carbonyl (C=O) groups is 1. The molecular weight excluding hydrogens is 372 g/mol. The topological polar surface area (TPSA) is 81.9 Å². The molecule has 0 radical (unpaired) electrons. The summed E-state index contributed by atoms with van der Waals surface area (Å²) in [6.07, 6.45) is 1.54. The number of anilines is 1. The largest absolute Gasteiger partial charge is 0.489 e. The first-order valence-electron chi connectivity index (χ1n) is 8.68. The summed E-state index contributed by atoms with van der Waals surface area (Å²) in [5, 5.41) is 11.3. The van der Waals surface area contributed by atoms with Crippen LogP contribution in [-0.4, -0.2) is 30.6 Å². The van der Waals surface area contributed by atoms with Gasteiger partial charge in [0.25, 0.3) is 5.69 Å². The van der Waals surface area contributed by atoms with E-state index in [-0.39, 0.29) is 18.0 Å². The van der Waals surface area contributed by atoms with Crippen molar-refractivity contribution in [3.05, 3.63) is 56.6 Å². The average Bonchev–Trinajstić information content (AvgIpc) is 2.91. The first kappa shape index (κ1) is 17.6. The molecule has 140 valence electrons. The maximum Gasteiger partial charge on any atom is 0.269 e. The van der Waals surface area contributed by atoms with Gasteiger partial charge >= 0.3 is 0 Å². The Kier molecular flexibility index (Phi) is 4.61. The molecule has 0 spiro atoms. The Balaban J connectivity index is 1.55. The van der Waals surface area contributed by atoms with Crippen LogP contribution in [-0.2, 0) is 17.6 Å². The van der Waals surface area contributed by atoms with Crippen molar-refractivity contribution in [3.63, 3.8) is 0 Å². The molecule has 2 heterocycles. The second-order valence-electron chi connectivity index (χ2n) is 6.50. The fraction of sp³-hybridized carbons (Fsp3) is 0.316. The van der Waals surface area contributed by atoms with Gasteiger partial charge in [-0.1, -0.05) is 11.6 Å². The van der Waals surface area contributed by atoms with Gasteiger partial charge in [-0.25, -0.2) is 0 Å². The van der Waals surface area contributed by atoms with Crippen molar-refractivity contribution in [1.29, 1.82) is 0 Å². The predicted octanol–water partition coefficient (Wildman–Crippen LogP) is 3.54. The van der Waals surface area contributed by atoms with Gasteiger partial charge in [-0.15, -0.1) is 0 Å². The van der Waals surface area contributed by atoms with E-state index in [9.17, 15) is 14.9 Å². The minimum atomic E-state index is -0.426. The minimum absolute atomic E-state index is 0.0396. The number of nitrogens with zero attached hydrogens (tertiary/aromatic N) is 2. The van der Waals surface area contributed by atoms with E-state index in [1.54, 1.807) is 23.1 Å². The molecule has 2 aromatic rings. The summed E-state index contributed by atoms with van der Waals surface area (Å²) in [7, 11) is 0. The van der Waals surface area contributed by atoms with Crippen LogP contribution in [0.5, 0.6) is 11.5 Å². The predicted molar refractivity (Wildman–Crippen MR) is 99.9 cm³/mol. The van der Waals surface area contributed by atoms with Crippen molar-refractivity contribution in [3.8, 4) is 11.5 Å². The van der Waals surface area contributed by atoms with E-state index in [2.05, 4.69) is 0 Å². The Bertz CT molecular complexity index is 931. The summed E-state index contributed by atoms with van der Waals surface area (Å²) < 4.78 is 11.3. The second-order valence-corrected chi connectivity index (χ2v) is 6.90. The molecule has 2 aliphatic rings. The lowest BCUT2D eigenvalue weighted by atomic mass is 10.1. The van der Waals surface area contributed by atoms with Crippen LogP contribution in [0.2, 0.25) is 5.02 Å². The van der Waals surface area contributed by atoms with Crippen molar-refractivity contribution in [2.45, 2.75) is 19.3 Å². The van der Waals surface area contributed by atoms with E-state index in [1.165, 1.54) is 12.1 Å². The third-order valence-corrected chi connectivity index (χ3v) is 4.97. The molecular formula is C19H17ClN2O5. The van der Waals surface area contributed by atoms with Crippen molar-refractivity contribution in [1.82, 2.24) is 0 Å². The van der Waals surface area contributed by atoms with Crippen molar-refractivity contribution in [2.24, 2.45) is 0 Å². The first-order valence-corrected chi connectivity index (χ1v) is 9.06. The van der Waals surface area contributed by atoms with Crippen molar-refractivity contribution in [2.75, 3.05) is 24.7 Å². The van der Waals surface area contributed by atoms with Crippen LogP contribution in [0.4, 0.5) is 11.4 Å². The van der Waals surface area contributed by atoms with E-state index >= 15 is 0 Å². The number of fused-ring (bicyclic) bond motifs is 2. The summed E-state index contributed by atoms with van der Waals surface area (Å²) in [6.45, 7) is 1.59. The van der Waals surface area contributed by atoms with Gasteiger partial charge in [0.15, 0.2) is 11.5 Å².